The van der Waals surface area contributed by atoms with Gasteiger partial charge >= 0.3 is 0 Å². The van der Waals surface area contributed by atoms with E-state index in [4.69, 9.17) is 0 Å². The van der Waals surface area contributed by atoms with E-state index in [0.29, 0.717) is 0 Å². The van der Waals surface area contributed by atoms with Crippen LogP contribution in [0.2, 0.25) is 0 Å². The standard InChI is InChI=1S/C35H38N2/c1-35(2,3)29-22-20-26(21-23-29)24-36(4)34(32-18-10-14-27-12-6-8-16-30(27)32)25-37(5)33-19-11-15-28-13-7-9-17-31(28)33/h6-23,34H,24-25H2,1-5H3. The Morgan fingerprint density at radius 2 is 1.19 bits per heavy atom. The van der Waals surface area contributed by atoms with E-state index >= 15 is 0 Å². The monoisotopic (exact) mass is 486 g/mol. The minimum atomic E-state index is 0.164. The predicted molar refractivity (Wildman–Crippen MR) is 161 cm³/mol. The number of fused-ring (bicyclic) bond motifs is 2. The molecule has 5 aromatic rings. The molecule has 0 saturated carbocycles. The van der Waals surface area contributed by atoms with Gasteiger partial charge in [-0.25, -0.2) is 0 Å². The minimum absolute atomic E-state index is 0.164. The van der Waals surface area contributed by atoms with Gasteiger partial charge < -0.3 is 4.90 Å². The molecule has 2 heteroatoms. The van der Waals surface area contributed by atoms with Crippen molar-refractivity contribution in [2.24, 2.45) is 0 Å². The molecule has 5 aromatic carbocycles. The van der Waals surface area contributed by atoms with Gasteiger partial charge in [-0.2, -0.15) is 0 Å². The van der Waals surface area contributed by atoms with E-state index in [-0.39, 0.29) is 11.5 Å². The van der Waals surface area contributed by atoms with Gasteiger partial charge in [0.1, 0.15) is 0 Å². The van der Waals surface area contributed by atoms with E-state index in [1.807, 2.05) is 0 Å². The highest BCUT2D eigenvalue weighted by atomic mass is 15.2. The maximum absolute atomic E-state index is 2.51. The summed E-state index contributed by atoms with van der Waals surface area (Å²) in [4.78, 5) is 4.93. The summed E-state index contributed by atoms with van der Waals surface area (Å²) in [5.41, 5.74) is 5.52. The lowest BCUT2D eigenvalue weighted by molar-refractivity contribution is 0.241. The summed E-state index contributed by atoms with van der Waals surface area (Å²) < 4.78 is 0. The molecule has 1 unspecified atom stereocenters. The van der Waals surface area contributed by atoms with Crippen molar-refractivity contribution in [1.29, 1.82) is 0 Å². The van der Waals surface area contributed by atoms with Gasteiger partial charge in [0.05, 0.1) is 6.04 Å². The molecule has 0 radical (unpaired) electrons. The molecule has 0 saturated heterocycles. The molecule has 0 bridgehead atoms. The molecule has 1 atom stereocenters. The first-order valence-corrected chi connectivity index (χ1v) is 13.3. The number of likely N-dealkylation sites (N-methyl/N-ethyl adjacent to an activating group) is 2. The number of anilines is 1. The van der Waals surface area contributed by atoms with E-state index in [1.54, 1.807) is 0 Å². The van der Waals surface area contributed by atoms with Gasteiger partial charge in [0.2, 0.25) is 0 Å². The summed E-state index contributed by atoms with van der Waals surface area (Å²) in [5.74, 6) is 0. The van der Waals surface area contributed by atoms with Crippen LogP contribution in [0.3, 0.4) is 0 Å². The first kappa shape index (κ1) is 25.0. The molecule has 0 amide bonds. The van der Waals surface area contributed by atoms with Crippen molar-refractivity contribution >= 4 is 27.2 Å². The van der Waals surface area contributed by atoms with E-state index < -0.39 is 0 Å². The molecule has 0 spiro atoms. The van der Waals surface area contributed by atoms with Crippen LogP contribution >= 0.6 is 0 Å². The van der Waals surface area contributed by atoms with Crippen LogP contribution in [0.15, 0.2) is 109 Å². The Balaban J connectivity index is 1.50. The Labute approximate surface area is 222 Å². The van der Waals surface area contributed by atoms with Crippen LogP contribution in [0.5, 0.6) is 0 Å². The summed E-state index contributed by atoms with van der Waals surface area (Å²) in [6.07, 6.45) is 0. The van der Waals surface area contributed by atoms with Crippen molar-refractivity contribution < 1.29 is 0 Å². The van der Waals surface area contributed by atoms with E-state index in [9.17, 15) is 0 Å². The zero-order valence-electron chi connectivity index (χ0n) is 22.8. The van der Waals surface area contributed by atoms with Crippen LogP contribution < -0.4 is 4.90 Å². The van der Waals surface area contributed by atoms with Crippen molar-refractivity contribution in [3.05, 3.63) is 126 Å². The van der Waals surface area contributed by atoms with Crippen LogP contribution in [0.4, 0.5) is 5.69 Å². The maximum atomic E-state index is 2.51. The van der Waals surface area contributed by atoms with Gasteiger partial charge in [-0.05, 0) is 51.4 Å². The van der Waals surface area contributed by atoms with Gasteiger partial charge in [-0.15, -0.1) is 0 Å². The van der Waals surface area contributed by atoms with E-state index in [2.05, 4.69) is 154 Å². The highest BCUT2D eigenvalue weighted by Gasteiger charge is 2.23. The van der Waals surface area contributed by atoms with Crippen molar-refractivity contribution in [3.63, 3.8) is 0 Å². The molecular formula is C35H38N2. The first-order valence-electron chi connectivity index (χ1n) is 13.3. The van der Waals surface area contributed by atoms with Crippen molar-refractivity contribution in [2.45, 2.75) is 38.8 Å². The van der Waals surface area contributed by atoms with Gasteiger partial charge in [0.15, 0.2) is 0 Å². The molecule has 37 heavy (non-hydrogen) atoms. The van der Waals surface area contributed by atoms with Crippen LogP contribution in [-0.4, -0.2) is 25.5 Å². The number of nitrogens with zero attached hydrogens (tertiary/aromatic N) is 2. The van der Waals surface area contributed by atoms with Crippen LogP contribution in [0.25, 0.3) is 21.5 Å². The Bertz CT molecular complexity index is 1480. The normalized spacial score (nSPS) is 12.8. The van der Waals surface area contributed by atoms with E-state index in [1.165, 1.54) is 43.9 Å². The fraction of sp³-hybridized carbons (Fsp3) is 0.257. The lowest BCUT2D eigenvalue weighted by Crippen LogP contribution is -2.34. The second kappa shape index (κ2) is 10.4. The smallest absolute Gasteiger partial charge is 0.0529 e. The molecule has 0 aliphatic heterocycles. The Kier molecular flexibility index (Phi) is 7.04. The van der Waals surface area contributed by atoms with E-state index in [0.717, 1.165) is 13.1 Å². The molecular weight excluding hydrogens is 448 g/mol. The molecule has 0 aliphatic carbocycles. The topological polar surface area (TPSA) is 6.48 Å². The van der Waals surface area contributed by atoms with Crippen LogP contribution in [-0.2, 0) is 12.0 Å². The molecule has 2 nitrogen and oxygen atoms in total. The summed E-state index contributed by atoms with van der Waals surface area (Å²) in [6, 6.07) is 40.2. The average molecular weight is 487 g/mol. The van der Waals surface area contributed by atoms with Crippen LogP contribution in [0, 0.1) is 0 Å². The second-order valence-corrected chi connectivity index (χ2v) is 11.3. The number of hydrogen-bond donors (Lipinski definition) is 0. The summed E-state index contributed by atoms with van der Waals surface area (Å²) in [7, 11) is 4.49. The lowest BCUT2D eigenvalue weighted by atomic mass is 9.86. The quantitative estimate of drug-likeness (QED) is 0.227. The van der Waals surface area contributed by atoms with Crippen LogP contribution in [0.1, 0.15) is 43.5 Å². The second-order valence-electron chi connectivity index (χ2n) is 11.3. The van der Waals surface area contributed by atoms with Gasteiger partial charge in [-0.3, -0.25) is 4.90 Å². The Hall–Kier alpha value is -3.62. The predicted octanol–water partition coefficient (Wildman–Crippen LogP) is 8.60. The third-order valence-corrected chi connectivity index (χ3v) is 7.59. The molecule has 0 heterocycles. The Morgan fingerprint density at radius 1 is 0.622 bits per heavy atom. The highest BCUT2D eigenvalue weighted by Crippen LogP contribution is 2.33. The molecule has 5 rings (SSSR count). The molecule has 0 aliphatic rings. The number of rotatable bonds is 7. The molecule has 0 aromatic heterocycles. The zero-order valence-corrected chi connectivity index (χ0v) is 22.8. The summed E-state index contributed by atoms with van der Waals surface area (Å²) >= 11 is 0. The zero-order chi connectivity index (χ0) is 26.0. The van der Waals surface area contributed by atoms with Crippen molar-refractivity contribution in [3.8, 4) is 0 Å². The summed E-state index contributed by atoms with van der Waals surface area (Å²) in [6.45, 7) is 8.59. The minimum Gasteiger partial charge on any atom is -0.372 e. The highest BCUT2D eigenvalue weighted by molar-refractivity contribution is 5.94. The van der Waals surface area contributed by atoms with Gasteiger partial charge in [-0.1, -0.05) is 124 Å². The number of hydrogen-bond acceptors (Lipinski definition) is 2. The maximum Gasteiger partial charge on any atom is 0.0529 e. The van der Waals surface area contributed by atoms with Gasteiger partial charge in [0, 0.05) is 31.2 Å². The fourth-order valence-corrected chi connectivity index (χ4v) is 5.42. The Morgan fingerprint density at radius 3 is 1.86 bits per heavy atom. The third-order valence-electron chi connectivity index (χ3n) is 7.59. The average Bonchev–Trinajstić information content (AvgIpc) is 2.91. The third kappa shape index (κ3) is 5.40. The molecule has 0 fully saturated rings. The van der Waals surface area contributed by atoms with Gasteiger partial charge in [0.25, 0.3) is 0 Å². The fourth-order valence-electron chi connectivity index (χ4n) is 5.42. The SMILES string of the molecule is CN(CC(c1cccc2ccccc12)N(C)Cc1ccc(C(C)(C)C)cc1)c1cccc2ccccc12. The van der Waals surface area contributed by atoms with Crippen molar-refractivity contribution in [1.82, 2.24) is 4.90 Å². The molecule has 0 N–H and O–H groups in total. The van der Waals surface area contributed by atoms with Crippen molar-refractivity contribution in [2.75, 3.05) is 25.5 Å². The summed E-state index contributed by atoms with van der Waals surface area (Å²) in [5, 5.41) is 5.20. The first-order chi connectivity index (χ1) is 17.8. The lowest BCUT2D eigenvalue weighted by Gasteiger charge is -2.34. The molecule has 188 valence electrons. The number of benzene rings is 5. The largest absolute Gasteiger partial charge is 0.372 e.